The lowest BCUT2D eigenvalue weighted by atomic mass is 10.2. The zero-order valence-electron chi connectivity index (χ0n) is 10.3. The summed E-state index contributed by atoms with van der Waals surface area (Å²) < 4.78 is 5.42. The first-order valence-electron chi connectivity index (χ1n) is 5.82. The van der Waals surface area contributed by atoms with Gasteiger partial charge in [-0.15, -0.1) is 0 Å². The molecule has 0 aliphatic rings. The van der Waals surface area contributed by atoms with Gasteiger partial charge in [0, 0.05) is 12.1 Å². The third-order valence-electron chi connectivity index (χ3n) is 2.15. The topological polar surface area (TPSA) is 58.6 Å². The van der Waals surface area contributed by atoms with Crippen molar-refractivity contribution in [3.8, 4) is 5.75 Å². The van der Waals surface area contributed by atoms with E-state index in [2.05, 4.69) is 5.32 Å². The van der Waals surface area contributed by atoms with E-state index in [1.807, 2.05) is 6.92 Å². The quantitative estimate of drug-likeness (QED) is 0.790. The molecule has 4 nitrogen and oxygen atoms in total. The van der Waals surface area contributed by atoms with Crippen LogP contribution in [-0.2, 0) is 0 Å². The number of nitrogens with one attached hydrogen (secondary N) is 1. The Morgan fingerprint density at radius 2 is 2.06 bits per heavy atom. The Hall–Kier alpha value is -1.55. The van der Waals surface area contributed by atoms with E-state index < -0.39 is 6.10 Å². The Labute approximate surface area is 102 Å². The van der Waals surface area contributed by atoms with Crippen LogP contribution in [0.25, 0.3) is 0 Å². The molecule has 1 rings (SSSR count). The minimum atomic E-state index is -0.536. The van der Waals surface area contributed by atoms with E-state index in [0.29, 0.717) is 12.2 Å². The van der Waals surface area contributed by atoms with Gasteiger partial charge in [0.15, 0.2) is 0 Å². The maximum Gasteiger partial charge on any atom is 0.251 e. The molecular weight excluding hydrogens is 218 g/mol. The fourth-order valence-electron chi connectivity index (χ4n) is 1.26. The van der Waals surface area contributed by atoms with E-state index >= 15 is 0 Å². The predicted molar refractivity (Wildman–Crippen MR) is 66.2 cm³/mol. The zero-order valence-corrected chi connectivity index (χ0v) is 10.3. The lowest BCUT2D eigenvalue weighted by Crippen LogP contribution is -2.30. The lowest BCUT2D eigenvalue weighted by Gasteiger charge is -2.08. The summed E-state index contributed by atoms with van der Waals surface area (Å²) >= 11 is 0. The van der Waals surface area contributed by atoms with Gasteiger partial charge in [-0.2, -0.15) is 0 Å². The number of hydrogen-bond donors (Lipinski definition) is 2. The van der Waals surface area contributed by atoms with Crippen LogP contribution in [0.2, 0.25) is 0 Å². The summed E-state index contributed by atoms with van der Waals surface area (Å²) in [6.45, 7) is 4.60. The second-order valence-electron chi connectivity index (χ2n) is 3.93. The summed E-state index contributed by atoms with van der Waals surface area (Å²) in [5.41, 5.74) is 0.564. The third-order valence-corrected chi connectivity index (χ3v) is 2.15. The van der Waals surface area contributed by atoms with Crippen LogP contribution in [0, 0.1) is 0 Å². The molecule has 4 heteroatoms. The van der Waals surface area contributed by atoms with Crippen molar-refractivity contribution in [3.63, 3.8) is 0 Å². The highest BCUT2D eigenvalue weighted by molar-refractivity contribution is 5.94. The first-order chi connectivity index (χ1) is 8.13. The molecule has 17 heavy (non-hydrogen) atoms. The van der Waals surface area contributed by atoms with Crippen molar-refractivity contribution in [2.75, 3.05) is 13.2 Å². The SMILES string of the molecule is CCCOc1ccc(C(=O)NCC(C)O)cc1. The largest absolute Gasteiger partial charge is 0.494 e. The van der Waals surface area contributed by atoms with Gasteiger partial charge in [0.05, 0.1) is 12.7 Å². The Bertz CT molecular complexity index is 346. The fraction of sp³-hybridized carbons (Fsp3) is 0.462. The lowest BCUT2D eigenvalue weighted by molar-refractivity contribution is 0.0924. The second-order valence-corrected chi connectivity index (χ2v) is 3.93. The normalized spacial score (nSPS) is 11.9. The Morgan fingerprint density at radius 1 is 1.41 bits per heavy atom. The summed E-state index contributed by atoms with van der Waals surface area (Å²) in [5, 5.41) is 11.7. The molecule has 0 radical (unpaired) electrons. The van der Waals surface area contributed by atoms with Crippen LogP contribution in [0.4, 0.5) is 0 Å². The number of ether oxygens (including phenoxy) is 1. The minimum absolute atomic E-state index is 0.187. The molecule has 0 saturated heterocycles. The Morgan fingerprint density at radius 3 is 2.59 bits per heavy atom. The van der Waals surface area contributed by atoms with Crippen LogP contribution < -0.4 is 10.1 Å². The number of aliphatic hydroxyl groups is 1. The van der Waals surface area contributed by atoms with E-state index in [9.17, 15) is 4.79 Å². The van der Waals surface area contributed by atoms with E-state index in [-0.39, 0.29) is 12.5 Å². The van der Waals surface area contributed by atoms with Gasteiger partial charge >= 0.3 is 0 Å². The van der Waals surface area contributed by atoms with Crippen molar-refractivity contribution in [3.05, 3.63) is 29.8 Å². The van der Waals surface area contributed by atoms with Crippen molar-refractivity contribution in [1.29, 1.82) is 0 Å². The van der Waals surface area contributed by atoms with Crippen molar-refractivity contribution in [2.45, 2.75) is 26.4 Å². The van der Waals surface area contributed by atoms with E-state index in [1.54, 1.807) is 31.2 Å². The second kappa shape index (κ2) is 6.91. The summed E-state index contributed by atoms with van der Waals surface area (Å²) in [4.78, 5) is 11.6. The van der Waals surface area contributed by atoms with Gasteiger partial charge in [-0.05, 0) is 37.6 Å². The molecule has 0 aliphatic carbocycles. The van der Waals surface area contributed by atoms with Crippen molar-refractivity contribution < 1.29 is 14.6 Å². The molecule has 1 aromatic carbocycles. The van der Waals surface area contributed by atoms with Crippen LogP contribution in [0.5, 0.6) is 5.75 Å². The van der Waals surface area contributed by atoms with Crippen LogP contribution in [0.1, 0.15) is 30.6 Å². The number of benzene rings is 1. The molecule has 1 atom stereocenters. The highest BCUT2D eigenvalue weighted by Crippen LogP contribution is 2.12. The van der Waals surface area contributed by atoms with Crippen LogP contribution >= 0.6 is 0 Å². The first-order valence-corrected chi connectivity index (χ1v) is 5.82. The van der Waals surface area contributed by atoms with Gasteiger partial charge in [0.1, 0.15) is 5.75 Å². The zero-order chi connectivity index (χ0) is 12.7. The average molecular weight is 237 g/mol. The summed E-state index contributed by atoms with van der Waals surface area (Å²) in [6.07, 6.45) is 0.419. The van der Waals surface area contributed by atoms with Gasteiger partial charge in [-0.1, -0.05) is 6.92 Å². The molecule has 0 heterocycles. The molecule has 0 fully saturated rings. The van der Waals surface area contributed by atoms with Gasteiger partial charge in [0.2, 0.25) is 0 Å². The van der Waals surface area contributed by atoms with Gasteiger partial charge in [0.25, 0.3) is 5.91 Å². The van der Waals surface area contributed by atoms with Crippen LogP contribution in [0.15, 0.2) is 24.3 Å². The number of carbonyl (C=O) groups excluding carboxylic acids is 1. The fourth-order valence-corrected chi connectivity index (χ4v) is 1.26. The molecule has 1 aromatic rings. The van der Waals surface area contributed by atoms with Crippen molar-refractivity contribution in [1.82, 2.24) is 5.32 Å². The monoisotopic (exact) mass is 237 g/mol. The summed E-state index contributed by atoms with van der Waals surface area (Å²) in [7, 11) is 0. The molecule has 1 amide bonds. The van der Waals surface area contributed by atoms with Gasteiger partial charge < -0.3 is 15.2 Å². The van der Waals surface area contributed by atoms with Gasteiger partial charge in [-0.3, -0.25) is 4.79 Å². The van der Waals surface area contributed by atoms with Crippen molar-refractivity contribution >= 4 is 5.91 Å². The number of hydrogen-bond acceptors (Lipinski definition) is 3. The maximum atomic E-state index is 11.6. The number of rotatable bonds is 6. The highest BCUT2D eigenvalue weighted by Gasteiger charge is 2.06. The highest BCUT2D eigenvalue weighted by atomic mass is 16.5. The van der Waals surface area contributed by atoms with Crippen molar-refractivity contribution in [2.24, 2.45) is 0 Å². The number of aliphatic hydroxyl groups excluding tert-OH is 1. The summed E-state index contributed by atoms with van der Waals surface area (Å²) in [5.74, 6) is 0.576. The maximum absolute atomic E-state index is 11.6. The molecule has 0 saturated carbocycles. The minimum Gasteiger partial charge on any atom is -0.494 e. The molecule has 0 aliphatic heterocycles. The molecule has 1 unspecified atom stereocenters. The number of carbonyl (C=O) groups is 1. The van der Waals surface area contributed by atoms with E-state index in [4.69, 9.17) is 9.84 Å². The van der Waals surface area contributed by atoms with Crippen LogP contribution in [0.3, 0.4) is 0 Å². The Balaban J connectivity index is 2.51. The average Bonchev–Trinajstić information content (AvgIpc) is 2.34. The first kappa shape index (κ1) is 13.5. The smallest absolute Gasteiger partial charge is 0.251 e. The van der Waals surface area contributed by atoms with Gasteiger partial charge in [-0.25, -0.2) is 0 Å². The van der Waals surface area contributed by atoms with E-state index in [1.165, 1.54) is 0 Å². The van der Waals surface area contributed by atoms with Crippen LogP contribution in [-0.4, -0.2) is 30.3 Å². The molecule has 0 spiro atoms. The molecule has 94 valence electrons. The third kappa shape index (κ3) is 4.87. The Kier molecular flexibility index (Phi) is 5.49. The van der Waals surface area contributed by atoms with E-state index in [0.717, 1.165) is 12.2 Å². The molecular formula is C13H19NO3. The summed E-state index contributed by atoms with van der Waals surface area (Å²) in [6, 6.07) is 6.96. The predicted octanol–water partition coefficient (Wildman–Crippen LogP) is 1.59. The number of amides is 1. The standard InChI is InChI=1S/C13H19NO3/c1-3-8-17-12-6-4-11(5-7-12)13(16)14-9-10(2)15/h4-7,10,15H,3,8-9H2,1-2H3,(H,14,16). The molecule has 2 N–H and O–H groups in total. The molecule has 0 bridgehead atoms. The molecule has 0 aromatic heterocycles.